The molecule has 3 aliphatic carbocycles. The van der Waals surface area contributed by atoms with E-state index < -0.39 is 17.8 Å². The van der Waals surface area contributed by atoms with Crippen LogP contribution in [-0.4, -0.2) is 53.6 Å². The number of hydrogen-bond donors (Lipinski definition) is 2. The number of anilines is 2. The molecule has 4 aliphatic rings. The molecule has 0 unspecified atom stereocenters. The number of benzene rings is 1. The number of nitrogens with zero attached hydrogens (tertiary/aromatic N) is 3. The summed E-state index contributed by atoms with van der Waals surface area (Å²) in [5.74, 6) is -2.01. The van der Waals surface area contributed by atoms with Gasteiger partial charge in [-0.2, -0.15) is 0 Å². The monoisotopic (exact) mass is 400 g/mol. The van der Waals surface area contributed by atoms with Crippen molar-refractivity contribution in [2.45, 2.75) is 25.7 Å². The van der Waals surface area contributed by atoms with Gasteiger partial charge in [-0.15, -0.1) is 0 Å². The molecule has 29 heavy (non-hydrogen) atoms. The number of amides is 1. The van der Waals surface area contributed by atoms with Crippen molar-refractivity contribution in [2.24, 2.45) is 23.7 Å². The summed E-state index contributed by atoms with van der Waals surface area (Å²) in [7, 11) is 0. The number of carboxylic acid groups (broad SMARTS) is 1. The second-order valence-electron chi connectivity index (χ2n) is 8.25. The normalized spacial score (nSPS) is 29.2. The Morgan fingerprint density at radius 3 is 2.34 bits per heavy atom. The van der Waals surface area contributed by atoms with Gasteiger partial charge in [0.2, 0.25) is 5.91 Å². The van der Waals surface area contributed by atoms with Gasteiger partial charge in [-0.1, -0.05) is 0 Å². The van der Waals surface area contributed by atoms with Crippen molar-refractivity contribution in [1.82, 2.24) is 10.3 Å². The van der Waals surface area contributed by atoms with Crippen LogP contribution in [0.3, 0.4) is 0 Å². The molecule has 154 valence electrons. The molecule has 1 aliphatic heterocycles. The highest BCUT2D eigenvalue weighted by molar-refractivity contribution is 6.04. The van der Waals surface area contributed by atoms with Crippen LogP contribution in [0.1, 0.15) is 25.7 Å². The average Bonchev–Trinajstić information content (AvgIpc) is 3.25. The molecule has 2 aromatic rings. The Kier molecular flexibility index (Phi) is 4.61. The van der Waals surface area contributed by atoms with Gasteiger partial charge in [0.05, 0.1) is 36.4 Å². The fourth-order valence-electron chi connectivity index (χ4n) is 5.41. The highest BCUT2D eigenvalue weighted by atomic mass is 16.6. The fraction of sp³-hybridized carbons (Fsp3) is 0.600. The Bertz CT molecular complexity index is 930. The number of aromatic nitrogens is 2. The second kappa shape index (κ2) is 7.29. The zero-order valence-electron chi connectivity index (χ0n) is 16.0. The number of fused-ring (bicyclic) bond motifs is 4. The minimum absolute atomic E-state index is 0.0886. The van der Waals surface area contributed by atoms with Crippen molar-refractivity contribution < 1.29 is 24.1 Å². The van der Waals surface area contributed by atoms with Crippen LogP contribution >= 0.6 is 0 Å². The van der Waals surface area contributed by atoms with E-state index in [1.165, 1.54) is 0 Å². The van der Waals surface area contributed by atoms with Gasteiger partial charge in [-0.3, -0.25) is 9.59 Å². The van der Waals surface area contributed by atoms with E-state index in [9.17, 15) is 14.7 Å². The molecule has 1 saturated heterocycles. The first-order valence-electron chi connectivity index (χ1n) is 10.2. The van der Waals surface area contributed by atoms with Crippen molar-refractivity contribution in [2.75, 3.05) is 36.5 Å². The van der Waals surface area contributed by atoms with Gasteiger partial charge in [0.15, 0.2) is 11.0 Å². The summed E-state index contributed by atoms with van der Waals surface area (Å²) in [6.07, 6.45) is 3.64. The van der Waals surface area contributed by atoms with Crippen molar-refractivity contribution in [3.8, 4) is 0 Å². The Balaban J connectivity index is 1.42. The standard InChI is InChI=1S/C20H24N4O5/c25-19(15-11-1-3-12(4-2-11)16(15)20(26)27)21-13-5-6-14(18-17(13)22-29-23-18)24-7-9-28-10-8-24/h5-6,11-12,15-16H,1-4,7-10H2,(H,21,25)(H,26,27)/t11?,12?,15-,16+/m0/s1. The van der Waals surface area contributed by atoms with Crippen molar-refractivity contribution in [3.05, 3.63) is 12.1 Å². The van der Waals surface area contributed by atoms with Gasteiger partial charge in [0.1, 0.15) is 0 Å². The molecular formula is C20H24N4O5. The second-order valence-corrected chi connectivity index (χ2v) is 8.25. The molecule has 2 N–H and O–H groups in total. The topological polar surface area (TPSA) is 118 Å². The third kappa shape index (κ3) is 3.13. The lowest BCUT2D eigenvalue weighted by atomic mass is 9.58. The Labute approximate surface area is 167 Å². The molecule has 3 saturated carbocycles. The van der Waals surface area contributed by atoms with Crippen LogP contribution in [0.2, 0.25) is 0 Å². The highest BCUT2D eigenvalue weighted by Gasteiger charge is 2.50. The molecule has 9 heteroatoms. The van der Waals surface area contributed by atoms with Crippen LogP contribution < -0.4 is 10.2 Å². The predicted molar refractivity (Wildman–Crippen MR) is 104 cm³/mol. The lowest BCUT2D eigenvalue weighted by molar-refractivity contribution is -0.156. The molecule has 2 heterocycles. The zero-order chi connectivity index (χ0) is 20.0. The Morgan fingerprint density at radius 2 is 1.66 bits per heavy atom. The number of ether oxygens (including phenoxy) is 1. The third-order valence-corrected chi connectivity index (χ3v) is 6.81. The van der Waals surface area contributed by atoms with E-state index in [-0.39, 0.29) is 17.7 Å². The summed E-state index contributed by atoms with van der Waals surface area (Å²) in [4.78, 5) is 27.2. The summed E-state index contributed by atoms with van der Waals surface area (Å²) in [5.41, 5.74) is 2.47. The maximum atomic E-state index is 13.1. The first kappa shape index (κ1) is 18.4. The van der Waals surface area contributed by atoms with Crippen LogP contribution in [0.25, 0.3) is 11.0 Å². The quantitative estimate of drug-likeness (QED) is 0.801. The Hall–Kier alpha value is -2.68. The number of aliphatic carboxylic acids is 1. The summed E-state index contributed by atoms with van der Waals surface area (Å²) >= 11 is 0. The number of carbonyl (C=O) groups excluding carboxylic acids is 1. The number of rotatable bonds is 4. The summed E-state index contributed by atoms with van der Waals surface area (Å²) in [6, 6.07) is 3.70. The van der Waals surface area contributed by atoms with E-state index in [2.05, 4.69) is 20.5 Å². The summed E-state index contributed by atoms with van der Waals surface area (Å²) in [5, 5.41) is 20.7. The number of nitrogens with one attached hydrogen (secondary N) is 1. The van der Waals surface area contributed by atoms with E-state index in [0.29, 0.717) is 29.9 Å². The summed E-state index contributed by atoms with van der Waals surface area (Å²) < 4.78 is 10.4. The van der Waals surface area contributed by atoms with Crippen molar-refractivity contribution in [1.29, 1.82) is 0 Å². The maximum Gasteiger partial charge on any atom is 0.307 e. The third-order valence-electron chi connectivity index (χ3n) is 6.81. The number of hydrogen-bond acceptors (Lipinski definition) is 7. The molecule has 1 amide bonds. The smallest absolute Gasteiger partial charge is 0.307 e. The molecule has 4 fully saturated rings. The SMILES string of the molecule is O=C(O)[C@@H]1C2CCC(CC2)[C@@H]1C(=O)Nc1ccc(N2CCOCC2)c2nonc12. The average molecular weight is 400 g/mol. The van der Waals surface area contributed by atoms with Crippen LogP contribution in [-0.2, 0) is 14.3 Å². The fourth-order valence-corrected chi connectivity index (χ4v) is 5.41. The lowest BCUT2D eigenvalue weighted by Crippen LogP contribution is -2.49. The molecule has 0 spiro atoms. The summed E-state index contributed by atoms with van der Waals surface area (Å²) in [6.45, 7) is 2.79. The molecule has 9 nitrogen and oxygen atoms in total. The number of carbonyl (C=O) groups is 2. The maximum absolute atomic E-state index is 13.1. The van der Waals surface area contributed by atoms with Gasteiger partial charge in [0, 0.05) is 13.1 Å². The molecule has 2 atom stereocenters. The molecule has 1 aromatic carbocycles. The molecule has 1 aromatic heterocycles. The first-order valence-corrected chi connectivity index (χ1v) is 10.2. The predicted octanol–water partition coefficient (Wildman–Crippen LogP) is 2.13. The molecule has 0 radical (unpaired) electrons. The Morgan fingerprint density at radius 1 is 1.00 bits per heavy atom. The van der Waals surface area contributed by atoms with Crippen LogP contribution in [0.15, 0.2) is 16.8 Å². The molecule has 6 rings (SSSR count). The molecule has 2 bridgehead atoms. The minimum Gasteiger partial charge on any atom is -0.481 e. The van der Waals surface area contributed by atoms with Gasteiger partial charge in [0.25, 0.3) is 0 Å². The van der Waals surface area contributed by atoms with Gasteiger partial charge >= 0.3 is 5.97 Å². The largest absolute Gasteiger partial charge is 0.481 e. The van der Waals surface area contributed by atoms with E-state index in [1.54, 1.807) is 6.07 Å². The number of morpholine rings is 1. The van der Waals surface area contributed by atoms with Crippen LogP contribution in [0, 0.1) is 23.7 Å². The lowest BCUT2D eigenvalue weighted by Gasteiger charge is -2.45. The van der Waals surface area contributed by atoms with E-state index >= 15 is 0 Å². The van der Waals surface area contributed by atoms with Crippen LogP contribution in [0.5, 0.6) is 0 Å². The molecular weight excluding hydrogens is 376 g/mol. The van der Waals surface area contributed by atoms with E-state index in [0.717, 1.165) is 44.5 Å². The van der Waals surface area contributed by atoms with Crippen molar-refractivity contribution in [3.63, 3.8) is 0 Å². The van der Waals surface area contributed by atoms with Gasteiger partial charge < -0.3 is 20.1 Å². The van der Waals surface area contributed by atoms with Crippen LogP contribution in [0.4, 0.5) is 11.4 Å². The van der Waals surface area contributed by atoms with Gasteiger partial charge in [-0.05, 0) is 60.0 Å². The minimum atomic E-state index is -0.865. The van der Waals surface area contributed by atoms with E-state index in [1.807, 2.05) is 6.07 Å². The zero-order valence-corrected chi connectivity index (χ0v) is 16.0. The van der Waals surface area contributed by atoms with E-state index in [4.69, 9.17) is 9.37 Å². The van der Waals surface area contributed by atoms with Gasteiger partial charge in [-0.25, -0.2) is 4.63 Å². The highest BCUT2D eigenvalue weighted by Crippen LogP contribution is 2.49. The van der Waals surface area contributed by atoms with Crippen molar-refractivity contribution >= 4 is 34.3 Å². The first-order chi connectivity index (χ1) is 14.1. The number of carboxylic acids is 1.